The van der Waals surface area contributed by atoms with Gasteiger partial charge in [-0.1, -0.05) is 39.0 Å². The molecule has 0 heterocycles. The van der Waals surface area contributed by atoms with E-state index in [4.69, 9.17) is 4.74 Å². The van der Waals surface area contributed by atoms with Gasteiger partial charge in [0, 0.05) is 11.5 Å². The van der Waals surface area contributed by atoms with Crippen LogP contribution in [0.15, 0.2) is 24.3 Å². The van der Waals surface area contributed by atoms with Gasteiger partial charge in [-0.25, -0.2) is 8.78 Å². The zero-order valence-electron chi connectivity index (χ0n) is 17.9. The van der Waals surface area contributed by atoms with Gasteiger partial charge in [-0.3, -0.25) is 0 Å². The van der Waals surface area contributed by atoms with Gasteiger partial charge in [-0.2, -0.15) is 0 Å². The molecule has 0 spiro atoms. The van der Waals surface area contributed by atoms with E-state index in [0.29, 0.717) is 28.0 Å². The molecule has 4 rings (SSSR count). The number of fused-ring (bicyclic) bond motifs is 2. The Morgan fingerprint density at radius 2 is 1.69 bits per heavy atom. The molecule has 2 aliphatic rings. The summed E-state index contributed by atoms with van der Waals surface area (Å²) in [4.78, 5) is 0. The molecule has 0 aromatic heterocycles. The summed E-state index contributed by atoms with van der Waals surface area (Å²) in [5.41, 5.74) is 0.713. The van der Waals surface area contributed by atoms with E-state index in [1.54, 1.807) is 12.1 Å². The van der Waals surface area contributed by atoms with E-state index < -0.39 is 0 Å². The average molecular weight is 401 g/mol. The summed E-state index contributed by atoms with van der Waals surface area (Å²) >= 11 is 0. The van der Waals surface area contributed by atoms with Gasteiger partial charge in [0.15, 0.2) is 0 Å². The van der Waals surface area contributed by atoms with Crippen LogP contribution in [0.3, 0.4) is 0 Å². The van der Waals surface area contributed by atoms with Crippen molar-refractivity contribution >= 4 is 10.8 Å². The van der Waals surface area contributed by atoms with E-state index in [1.165, 1.54) is 70.6 Å². The molecule has 0 saturated heterocycles. The van der Waals surface area contributed by atoms with E-state index in [-0.39, 0.29) is 17.6 Å². The Labute approximate surface area is 173 Å². The fourth-order valence-corrected chi connectivity index (χ4v) is 5.97. The molecule has 2 aromatic rings. The molecular weight excluding hydrogens is 366 g/mol. The average Bonchev–Trinajstić information content (AvgIpc) is 2.73. The highest BCUT2D eigenvalue weighted by atomic mass is 19.1. The summed E-state index contributed by atoms with van der Waals surface area (Å²) in [6, 6.07) is 6.36. The zero-order chi connectivity index (χ0) is 20.4. The van der Waals surface area contributed by atoms with E-state index in [1.807, 2.05) is 0 Å². The Balaban J connectivity index is 1.47. The summed E-state index contributed by atoms with van der Waals surface area (Å²) in [7, 11) is 1.50. The molecule has 3 heteroatoms. The second-order valence-corrected chi connectivity index (χ2v) is 9.41. The molecule has 2 aliphatic carbocycles. The molecule has 0 N–H and O–H groups in total. The molecule has 0 bridgehead atoms. The second kappa shape index (κ2) is 9.02. The van der Waals surface area contributed by atoms with Crippen molar-refractivity contribution in [1.82, 2.24) is 0 Å². The first-order chi connectivity index (χ1) is 14.1. The molecular formula is C26H34F2O. The predicted octanol–water partition coefficient (Wildman–Crippen LogP) is 8.01. The number of benzene rings is 2. The molecule has 2 fully saturated rings. The Bertz CT molecular complexity index is 846. The van der Waals surface area contributed by atoms with Gasteiger partial charge in [-0.15, -0.1) is 0 Å². The quantitative estimate of drug-likeness (QED) is 0.446. The lowest BCUT2D eigenvalue weighted by Crippen LogP contribution is -2.30. The molecule has 4 unspecified atom stereocenters. The first-order valence-corrected chi connectivity index (χ1v) is 11.6. The largest absolute Gasteiger partial charge is 0.497 e. The number of halogens is 2. The molecule has 0 amide bonds. The highest BCUT2D eigenvalue weighted by molar-refractivity contribution is 5.85. The number of rotatable bonds is 6. The van der Waals surface area contributed by atoms with Crippen molar-refractivity contribution in [2.75, 3.05) is 7.11 Å². The van der Waals surface area contributed by atoms with E-state index in [2.05, 4.69) is 6.92 Å². The van der Waals surface area contributed by atoms with Crippen molar-refractivity contribution in [3.8, 4) is 5.75 Å². The van der Waals surface area contributed by atoms with Crippen molar-refractivity contribution in [3.05, 3.63) is 41.5 Å². The highest BCUT2D eigenvalue weighted by Crippen LogP contribution is 2.49. The molecule has 4 atom stereocenters. The van der Waals surface area contributed by atoms with E-state index in [9.17, 15) is 8.78 Å². The van der Waals surface area contributed by atoms with Crippen LogP contribution in [0.25, 0.3) is 10.8 Å². The summed E-state index contributed by atoms with van der Waals surface area (Å²) in [6.07, 6.45) is 12.7. The minimum Gasteiger partial charge on any atom is -0.497 e. The zero-order valence-corrected chi connectivity index (χ0v) is 17.9. The van der Waals surface area contributed by atoms with Crippen LogP contribution in [0.1, 0.15) is 82.6 Å². The molecule has 29 heavy (non-hydrogen) atoms. The van der Waals surface area contributed by atoms with Gasteiger partial charge in [0.05, 0.1) is 7.11 Å². The molecule has 158 valence electrons. The predicted molar refractivity (Wildman–Crippen MR) is 115 cm³/mol. The van der Waals surface area contributed by atoms with Gasteiger partial charge >= 0.3 is 0 Å². The van der Waals surface area contributed by atoms with Crippen LogP contribution >= 0.6 is 0 Å². The van der Waals surface area contributed by atoms with Crippen molar-refractivity contribution < 1.29 is 13.5 Å². The van der Waals surface area contributed by atoms with Crippen molar-refractivity contribution in [2.24, 2.45) is 17.8 Å². The normalized spacial score (nSPS) is 27.0. The summed E-state index contributed by atoms with van der Waals surface area (Å²) < 4.78 is 34.6. The first-order valence-electron chi connectivity index (χ1n) is 11.6. The Morgan fingerprint density at radius 3 is 2.48 bits per heavy atom. The Hall–Kier alpha value is -1.64. The van der Waals surface area contributed by atoms with Crippen LogP contribution in [0.4, 0.5) is 8.78 Å². The lowest BCUT2D eigenvalue weighted by molar-refractivity contribution is 0.112. The number of ether oxygens (including phenoxy) is 1. The molecule has 0 aliphatic heterocycles. The lowest BCUT2D eigenvalue weighted by Gasteiger charge is -2.42. The molecule has 1 nitrogen and oxygen atoms in total. The Kier molecular flexibility index (Phi) is 6.41. The highest BCUT2D eigenvalue weighted by Gasteiger charge is 2.36. The number of hydrogen-bond donors (Lipinski definition) is 0. The summed E-state index contributed by atoms with van der Waals surface area (Å²) in [6.45, 7) is 2.27. The third-order valence-electron chi connectivity index (χ3n) is 7.61. The summed E-state index contributed by atoms with van der Waals surface area (Å²) in [5.74, 6) is 2.56. The number of methoxy groups -OCH3 is 1. The van der Waals surface area contributed by atoms with Crippen LogP contribution in [0.2, 0.25) is 0 Å². The van der Waals surface area contributed by atoms with Crippen LogP contribution in [-0.4, -0.2) is 7.11 Å². The maximum Gasteiger partial charge on any atom is 0.134 e. The number of hydrogen-bond acceptors (Lipinski definition) is 1. The fraction of sp³-hybridized carbons (Fsp3) is 0.615. The third kappa shape index (κ3) is 4.44. The fourth-order valence-electron chi connectivity index (χ4n) is 5.97. The molecule has 2 saturated carbocycles. The third-order valence-corrected chi connectivity index (χ3v) is 7.61. The van der Waals surface area contributed by atoms with Crippen molar-refractivity contribution in [3.63, 3.8) is 0 Å². The standard InChI is InChI=1S/C26H34F2O/c1-3-4-5-6-17-7-8-19-12-20(10-9-18(19)11-17)23-16-24-21(14-25(23)27)13-22(29-2)15-26(24)28/h13-20H,3-12H2,1-2H3. The SMILES string of the molecule is CCCCCC1CCC2CC(c3cc4c(F)cc(OC)cc4cc3F)CCC2C1. The van der Waals surface area contributed by atoms with Gasteiger partial charge in [0.25, 0.3) is 0 Å². The second-order valence-electron chi connectivity index (χ2n) is 9.41. The van der Waals surface area contributed by atoms with E-state index >= 15 is 0 Å². The molecule has 0 radical (unpaired) electrons. The van der Waals surface area contributed by atoms with Crippen LogP contribution in [0, 0.1) is 29.4 Å². The van der Waals surface area contributed by atoms with E-state index in [0.717, 1.165) is 24.7 Å². The van der Waals surface area contributed by atoms with Crippen molar-refractivity contribution in [2.45, 2.75) is 77.0 Å². The minimum atomic E-state index is -0.332. The monoisotopic (exact) mass is 400 g/mol. The maximum absolute atomic E-state index is 15.0. The lowest BCUT2D eigenvalue weighted by atomic mass is 9.63. The van der Waals surface area contributed by atoms with Gasteiger partial charge < -0.3 is 4.74 Å². The van der Waals surface area contributed by atoms with Gasteiger partial charge in [0.2, 0.25) is 0 Å². The van der Waals surface area contributed by atoms with Crippen LogP contribution in [-0.2, 0) is 0 Å². The van der Waals surface area contributed by atoms with Gasteiger partial charge in [0.1, 0.15) is 17.4 Å². The molecule has 2 aromatic carbocycles. The van der Waals surface area contributed by atoms with Crippen LogP contribution < -0.4 is 4.74 Å². The maximum atomic E-state index is 15.0. The first kappa shape index (κ1) is 20.6. The minimum absolute atomic E-state index is 0.193. The van der Waals surface area contributed by atoms with Gasteiger partial charge in [-0.05, 0) is 84.9 Å². The van der Waals surface area contributed by atoms with Crippen molar-refractivity contribution in [1.29, 1.82) is 0 Å². The smallest absolute Gasteiger partial charge is 0.134 e. The number of unbranched alkanes of at least 4 members (excludes halogenated alkanes) is 2. The van der Waals surface area contributed by atoms with Crippen LogP contribution in [0.5, 0.6) is 5.75 Å². The summed E-state index contributed by atoms with van der Waals surface area (Å²) in [5, 5.41) is 1.08. The Morgan fingerprint density at radius 1 is 0.897 bits per heavy atom. The topological polar surface area (TPSA) is 9.23 Å².